The third kappa shape index (κ3) is 2.23. The molecule has 1 atom stereocenters. The monoisotopic (exact) mass is 233 g/mol. The number of hydrogen-bond donors (Lipinski definition) is 2. The fourth-order valence-electron chi connectivity index (χ4n) is 1.47. The highest BCUT2D eigenvalue weighted by Crippen LogP contribution is 2.32. The largest absolute Gasteiger partial charge is 0.485 e. The van der Waals surface area contributed by atoms with Gasteiger partial charge in [-0.05, 0) is 12.1 Å². The average Bonchev–Trinajstić information content (AvgIpc) is 2.73. The van der Waals surface area contributed by atoms with Gasteiger partial charge in [0.25, 0.3) is 0 Å². The van der Waals surface area contributed by atoms with Gasteiger partial charge in [0.1, 0.15) is 24.4 Å². The van der Waals surface area contributed by atoms with Gasteiger partial charge in [-0.25, -0.2) is 0 Å². The van der Waals surface area contributed by atoms with Crippen LogP contribution in [0.3, 0.4) is 0 Å². The summed E-state index contributed by atoms with van der Waals surface area (Å²) in [5, 5.41) is 27.5. The number of para-hydroxylation sites is 1. The Kier molecular flexibility index (Phi) is 3.28. The Bertz CT molecular complexity index is 555. The highest BCUT2D eigenvalue weighted by Gasteiger charge is 2.16. The van der Waals surface area contributed by atoms with Crippen molar-refractivity contribution < 1.29 is 19.4 Å². The Morgan fingerprint density at radius 1 is 1.41 bits per heavy atom. The zero-order valence-corrected chi connectivity index (χ0v) is 8.96. The summed E-state index contributed by atoms with van der Waals surface area (Å²) in [6.07, 6.45) is -0.977. The molecule has 2 rings (SSSR count). The maximum Gasteiger partial charge on any atom is 0.246 e. The zero-order valence-electron chi connectivity index (χ0n) is 8.96. The summed E-state index contributed by atoms with van der Waals surface area (Å²) in [7, 11) is 0. The van der Waals surface area contributed by atoms with Crippen LogP contribution in [-0.2, 0) is 0 Å². The van der Waals surface area contributed by atoms with E-state index in [1.165, 1.54) is 0 Å². The number of ether oxygens (including phenoxy) is 1. The van der Waals surface area contributed by atoms with E-state index in [0.717, 1.165) is 0 Å². The molecular weight excluding hydrogens is 222 g/mol. The summed E-state index contributed by atoms with van der Waals surface area (Å²) in [4.78, 5) is 0. The van der Waals surface area contributed by atoms with Crippen molar-refractivity contribution in [3.63, 3.8) is 0 Å². The van der Waals surface area contributed by atoms with E-state index in [1.807, 2.05) is 6.07 Å². The molecule has 0 saturated carbocycles. The Balaban J connectivity index is 2.34. The van der Waals surface area contributed by atoms with Crippen molar-refractivity contribution >= 4 is 11.0 Å². The standard InChI is InChI=1S/C12H11NO4/c13-5-11-12(16-7-8(15)6-14)9-3-1-2-4-10(9)17-11/h1-4,8,14-15H,6-7H2. The van der Waals surface area contributed by atoms with Gasteiger partial charge in [-0.1, -0.05) is 12.1 Å². The number of aliphatic hydroxyl groups is 2. The van der Waals surface area contributed by atoms with Gasteiger partial charge in [0.05, 0.1) is 12.0 Å². The van der Waals surface area contributed by atoms with E-state index < -0.39 is 12.7 Å². The molecule has 2 N–H and O–H groups in total. The van der Waals surface area contributed by atoms with E-state index in [2.05, 4.69) is 0 Å². The SMILES string of the molecule is N#Cc1oc2ccccc2c1OCC(O)CO. The quantitative estimate of drug-likeness (QED) is 0.823. The maximum atomic E-state index is 9.20. The zero-order chi connectivity index (χ0) is 12.3. The highest BCUT2D eigenvalue weighted by atomic mass is 16.5. The number of rotatable bonds is 4. The van der Waals surface area contributed by atoms with E-state index in [-0.39, 0.29) is 12.4 Å². The predicted molar refractivity (Wildman–Crippen MR) is 59.5 cm³/mol. The Morgan fingerprint density at radius 2 is 2.18 bits per heavy atom. The van der Waals surface area contributed by atoms with Gasteiger partial charge >= 0.3 is 0 Å². The molecule has 1 unspecified atom stereocenters. The average molecular weight is 233 g/mol. The number of aliphatic hydroxyl groups excluding tert-OH is 2. The number of hydrogen-bond acceptors (Lipinski definition) is 5. The molecule has 1 aromatic heterocycles. The molecule has 0 aliphatic heterocycles. The summed E-state index contributed by atoms with van der Waals surface area (Å²) in [6.45, 7) is -0.480. The van der Waals surface area contributed by atoms with E-state index in [9.17, 15) is 5.11 Å². The van der Waals surface area contributed by atoms with Gasteiger partial charge in [0, 0.05) is 0 Å². The van der Waals surface area contributed by atoms with Crippen LogP contribution >= 0.6 is 0 Å². The highest BCUT2D eigenvalue weighted by molar-refractivity contribution is 5.86. The van der Waals surface area contributed by atoms with Gasteiger partial charge in [0.2, 0.25) is 5.76 Å². The summed E-state index contributed by atoms with van der Waals surface area (Å²) >= 11 is 0. The first-order valence-corrected chi connectivity index (χ1v) is 5.09. The second kappa shape index (κ2) is 4.87. The van der Waals surface area contributed by atoms with Crippen LogP contribution in [0.25, 0.3) is 11.0 Å². The second-order valence-electron chi connectivity index (χ2n) is 3.52. The van der Waals surface area contributed by atoms with Crippen LogP contribution in [0.2, 0.25) is 0 Å². The molecular formula is C12H11NO4. The van der Waals surface area contributed by atoms with E-state index in [1.54, 1.807) is 24.3 Å². The molecule has 0 bridgehead atoms. The number of furan rings is 1. The summed E-state index contributed by atoms with van der Waals surface area (Å²) in [6, 6.07) is 8.97. The molecule has 0 aliphatic carbocycles. The third-order valence-corrected chi connectivity index (χ3v) is 2.28. The number of nitrogens with zero attached hydrogens (tertiary/aromatic N) is 1. The minimum atomic E-state index is -0.977. The molecule has 0 fully saturated rings. The maximum absolute atomic E-state index is 9.20. The molecule has 0 spiro atoms. The molecule has 17 heavy (non-hydrogen) atoms. The lowest BCUT2D eigenvalue weighted by Gasteiger charge is -2.08. The topological polar surface area (TPSA) is 86.6 Å². The molecule has 2 aromatic rings. The molecule has 0 radical (unpaired) electrons. The van der Waals surface area contributed by atoms with Crippen LogP contribution in [0.5, 0.6) is 5.75 Å². The van der Waals surface area contributed by atoms with Crippen molar-refractivity contribution in [1.82, 2.24) is 0 Å². The molecule has 5 heteroatoms. The van der Waals surface area contributed by atoms with E-state index in [4.69, 9.17) is 19.5 Å². The Morgan fingerprint density at radius 3 is 2.88 bits per heavy atom. The Labute approximate surface area is 97.5 Å². The van der Waals surface area contributed by atoms with Crippen molar-refractivity contribution in [2.75, 3.05) is 13.2 Å². The first kappa shape index (κ1) is 11.5. The molecule has 88 valence electrons. The Hall–Kier alpha value is -2.03. The minimum absolute atomic E-state index is 0.0661. The van der Waals surface area contributed by atoms with Crippen molar-refractivity contribution in [3.05, 3.63) is 30.0 Å². The fourth-order valence-corrected chi connectivity index (χ4v) is 1.47. The normalized spacial score (nSPS) is 12.3. The number of benzene rings is 1. The smallest absolute Gasteiger partial charge is 0.246 e. The molecule has 1 aromatic carbocycles. The van der Waals surface area contributed by atoms with Crippen LogP contribution in [0.1, 0.15) is 5.76 Å². The molecule has 1 heterocycles. The van der Waals surface area contributed by atoms with Crippen LogP contribution in [0.15, 0.2) is 28.7 Å². The van der Waals surface area contributed by atoms with Gasteiger partial charge in [-0.15, -0.1) is 0 Å². The third-order valence-electron chi connectivity index (χ3n) is 2.28. The fraction of sp³-hybridized carbons (Fsp3) is 0.250. The predicted octanol–water partition coefficient (Wildman–Crippen LogP) is 1.04. The number of fused-ring (bicyclic) bond motifs is 1. The molecule has 0 amide bonds. The van der Waals surface area contributed by atoms with E-state index >= 15 is 0 Å². The summed E-state index contributed by atoms with van der Waals surface area (Å²) < 4.78 is 10.6. The van der Waals surface area contributed by atoms with Crippen LogP contribution in [0, 0.1) is 11.3 Å². The van der Waals surface area contributed by atoms with Crippen molar-refractivity contribution in [2.45, 2.75) is 6.10 Å². The second-order valence-corrected chi connectivity index (χ2v) is 3.52. The van der Waals surface area contributed by atoms with Gasteiger partial charge in [-0.3, -0.25) is 0 Å². The van der Waals surface area contributed by atoms with Crippen LogP contribution in [-0.4, -0.2) is 29.5 Å². The van der Waals surface area contributed by atoms with Gasteiger partial charge in [-0.2, -0.15) is 5.26 Å². The molecule has 0 aliphatic rings. The van der Waals surface area contributed by atoms with Crippen molar-refractivity contribution in [1.29, 1.82) is 5.26 Å². The molecule has 5 nitrogen and oxygen atoms in total. The van der Waals surface area contributed by atoms with Gasteiger partial charge < -0.3 is 19.4 Å². The summed E-state index contributed by atoms with van der Waals surface area (Å²) in [5.41, 5.74) is 0.553. The first-order valence-electron chi connectivity index (χ1n) is 5.09. The molecule has 0 saturated heterocycles. The van der Waals surface area contributed by atoms with Crippen LogP contribution < -0.4 is 4.74 Å². The van der Waals surface area contributed by atoms with Crippen molar-refractivity contribution in [2.24, 2.45) is 0 Å². The first-order chi connectivity index (χ1) is 8.26. The van der Waals surface area contributed by atoms with Gasteiger partial charge in [0.15, 0.2) is 5.75 Å². The lowest BCUT2D eigenvalue weighted by Crippen LogP contribution is -2.21. The van der Waals surface area contributed by atoms with E-state index in [0.29, 0.717) is 16.7 Å². The number of nitriles is 1. The lowest BCUT2D eigenvalue weighted by atomic mass is 10.2. The lowest BCUT2D eigenvalue weighted by molar-refractivity contribution is 0.0537. The minimum Gasteiger partial charge on any atom is -0.485 e. The van der Waals surface area contributed by atoms with Crippen LogP contribution in [0.4, 0.5) is 0 Å². The summed E-state index contributed by atoms with van der Waals surface area (Å²) in [5.74, 6) is 0.368. The van der Waals surface area contributed by atoms with Crippen molar-refractivity contribution in [3.8, 4) is 11.8 Å².